The van der Waals surface area contributed by atoms with Crippen molar-refractivity contribution >= 4 is 17.5 Å². The number of rotatable bonds is 3. The lowest BCUT2D eigenvalue weighted by Gasteiger charge is -2.39. The summed E-state index contributed by atoms with van der Waals surface area (Å²) < 4.78 is 1.31. The Balaban J connectivity index is 1.37. The van der Waals surface area contributed by atoms with E-state index in [4.69, 9.17) is 0 Å². The second kappa shape index (κ2) is 7.95. The van der Waals surface area contributed by atoms with Crippen LogP contribution in [0.3, 0.4) is 0 Å². The molecule has 4 heterocycles. The van der Waals surface area contributed by atoms with Gasteiger partial charge in [0.05, 0.1) is 17.8 Å². The Morgan fingerprint density at radius 2 is 1.82 bits per heavy atom. The number of aryl methyl sites for hydroxylation is 1. The largest absolute Gasteiger partial charge is 0.369 e. The number of aromatic nitrogens is 4. The summed E-state index contributed by atoms with van der Waals surface area (Å²) in [6.07, 6.45) is 7.00. The van der Waals surface area contributed by atoms with Crippen LogP contribution in [-0.2, 0) is 11.8 Å². The van der Waals surface area contributed by atoms with E-state index in [1.54, 1.807) is 37.8 Å². The maximum atomic E-state index is 13.1. The zero-order chi connectivity index (χ0) is 19.5. The molecule has 4 rings (SSSR count). The van der Waals surface area contributed by atoms with Crippen LogP contribution in [0.4, 0.5) is 11.6 Å². The first-order valence-corrected chi connectivity index (χ1v) is 9.71. The summed E-state index contributed by atoms with van der Waals surface area (Å²) >= 11 is 0. The SMILES string of the molecule is Cn1ncc(N2CCC[C@H](C(=O)N3CCN(c4ncccn4)CC3)C2)cc1=O. The van der Waals surface area contributed by atoms with Gasteiger partial charge in [0.25, 0.3) is 5.56 Å². The van der Waals surface area contributed by atoms with Crippen LogP contribution in [0, 0.1) is 5.92 Å². The van der Waals surface area contributed by atoms with Crippen molar-refractivity contribution in [2.45, 2.75) is 12.8 Å². The quantitative estimate of drug-likeness (QED) is 0.745. The fourth-order valence-corrected chi connectivity index (χ4v) is 3.89. The van der Waals surface area contributed by atoms with Crippen LogP contribution in [0.25, 0.3) is 0 Å². The third-order valence-corrected chi connectivity index (χ3v) is 5.52. The van der Waals surface area contributed by atoms with Crippen LogP contribution < -0.4 is 15.4 Å². The molecule has 2 aromatic heterocycles. The molecule has 2 aliphatic rings. The molecule has 0 unspecified atom stereocenters. The predicted octanol–water partition coefficient (Wildman–Crippen LogP) is 0.136. The Bertz CT molecular complexity index is 877. The molecular weight excluding hydrogens is 358 g/mol. The number of anilines is 2. The van der Waals surface area contributed by atoms with Crippen LogP contribution in [0.5, 0.6) is 0 Å². The number of hydrogen-bond donors (Lipinski definition) is 0. The van der Waals surface area contributed by atoms with Gasteiger partial charge in [0.2, 0.25) is 11.9 Å². The van der Waals surface area contributed by atoms with Gasteiger partial charge < -0.3 is 14.7 Å². The standard InChI is InChI=1S/C19H25N7O2/c1-23-17(27)12-16(13-22-23)26-7-2-4-15(14-26)18(28)24-8-10-25(11-9-24)19-20-5-3-6-21-19/h3,5-6,12-13,15H,2,4,7-11,14H2,1H3/t15-/m0/s1. The number of carbonyl (C=O) groups excluding carboxylic acids is 1. The van der Waals surface area contributed by atoms with Gasteiger partial charge in [0.15, 0.2) is 0 Å². The number of amides is 1. The summed E-state index contributed by atoms with van der Waals surface area (Å²) in [6, 6.07) is 3.40. The first kappa shape index (κ1) is 18.4. The molecule has 0 saturated carbocycles. The van der Waals surface area contributed by atoms with Crippen molar-refractivity contribution in [1.82, 2.24) is 24.6 Å². The minimum Gasteiger partial charge on any atom is -0.369 e. The van der Waals surface area contributed by atoms with Gasteiger partial charge in [-0.1, -0.05) is 0 Å². The molecule has 2 aromatic rings. The summed E-state index contributed by atoms with van der Waals surface area (Å²) in [5, 5.41) is 4.10. The molecule has 0 aliphatic carbocycles. The molecule has 9 heteroatoms. The number of piperidine rings is 1. The molecular formula is C19H25N7O2. The van der Waals surface area contributed by atoms with Crippen molar-refractivity contribution in [2.24, 2.45) is 13.0 Å². The lowest BCUT2D eigenvalue weighted by molar-refractivity contribution is -0.136. The smallest absolute Gasteiger partial charge is 0.268 e. The van der Waals surface area contributed by atoms with Crippen LogP contribution in [-0.4, -0.2) is 69.8 Å². The van der Waals surface area contributed by atoms with Crippen LogP contribution in [0.1, 0.15) is 12.8 Å². The van der Waals surface area contributed by atoms with E-state index in [-0.39, 0.29) is 17.4 Å². The maximum absolute atomic E-state index is 13.1. The predicted molar refractivity (Wildman–Crippen MR) is 105 cm³/mol. The summed E-state index contributed by atoms with van der Waals surface area (Å²) in [5.74, 6) is 0.879. The minimum atomic E-state index is -0.134. The Morgan fingerprint density at radius 3 is 2.54 bits per heavy atom. The van der Waals surface area contributed by atoms with Gasteiger partial charge in [-0.25, -0.2) is 14.6 Å². The highest BCUT2D eigenvalue weighted by Gasteiger charge is 2.31. The average molecular weight is 383 g/mol. The van der Waals surface area contributed by atoms with Crippen molar-refractivity contribution in [1.29, 1.82) is 0 Å². The fourth-order valence-electron chi connectivity index (χ4n) is 3.89. The van der Waals surface area contributed by atoms with E-state index in [0.717, 1.165) is 44.1 Å². The van der Waals surface area contributed by atoms with Gasteiger partial charge in [0, 0.05) is 64.8 Å². The van der Waals surface area contributed by atoms with E-state index in [2.05, 4.69) is 24.9 Å². The van der Waals surface area contributed by atoms with Crippen molar-refractivity contribution in [2.75, 3.05) is 49.1 Å². The molecule has 2 aliphatic heterocycles. The molecule has 1 atom stereocenters. The number of carbonyl (C=O) groups is 1. The van der Waals surface area contributed by atoms with Crippen LogP contribution in [0.15, 0.2) is 35.5 Å². The zero-order valence-electron chi connectivity index (χ0n) is 16.1. The second-order valence-corrected chi connectivity index (χ2v) is 7.32. The monoisotopic (exact) mass is 383 g/mol. The molecule has 148 valence electrons. The maximum Gasteiger partial charge on any atom is 0.268 e. The Hall–Kier alpha value is -2.97. The minimum absolute atomic E-state index is 0.0441. The third-order valence-electron chi connectivity index (χ3n) is 5.52. The Kier molecular flexibility index (Phi) is 5.23. The molecule has 2 saturated heterocycles. The van der Waals surface area contributed by atoms with E-state index >= 15 is 0 Å². The average Bonchev–Trinajstić information content (AvgIpc) is 2.76. The third kappa shape index (κ3) is 3.83. The first-order chi connectivity index (χ1) is 13.6. The number of hydrogen-bond acceptors (Lipinski definition) is 7. The normalized spacial score (nSPS) is 20.3. The second-order valence-electron chi connectivity index (χ2n) is 7.32. The van der Waals surface area contributed by atoms with Crippen molar-refractivity contribution in [3.8, 4) is 0 Å². The molecule has 0 N–H and O–H groups in total. The first-order valence-electron chi connectivity index (χ1n) is 9.71. The van der Waals surface area contributed by atoms with Gasteiger partial charge >= 0.3 is 0 Å². The lowest BCUT2D eigenvalue weighted by atomic mass is 9.96. The van der Waals surface area contributed by atoms with Gasteiger partial charge in [-0.15, -0.1) is 0 Å². The molecule has 0 bridgehead atoms. The van der Waals surface area contributed by atoms with Gasteiger partial charge in [0.1, 0.15) is 0 Å². The summed E-state index contributed by atoms with van der Waals surface area (Å²) in [6.45, 7) is 4.32. The topological polar surface area (TPSA) is 87.5 Å². The molecule has 9 nitrogen and oxygen atoms in total. The van der Waals surface area contributed by atoms with E-state index in [1.165, 1.54) is 4.68 Å². The molecule has 0 aromatic carbocycles. The molecule has 2 fully saturated rings. The molecule has 28 heavy (non-hydrogen) atoms. The van der Waals surface area contributed by atoms with Crippen molar-refractivity contribution in [3.63, 3.8) is 0 Å². The van der Waals surface area contributed by atoms with Gasteiger partial charge in [-0.3, -0.25) is 9.59 Å². The van der Waals surface area contributed by atoms with Crippen LogP contribution in [0.2, 0.25) is 0 Å². The highest BCUT2D eigenvalue weighted by molar-refractivity contribution is 5.80. The molecule has 0 radical (unpaired) electrons. The summed E-state index contributed by atoms with van der Waals surface area (Å²) in [7, 11) is 1.63. The lowest BCUT2D eigenvalue weighted by Crippen LogP contribution is -2.53. The molecule has 0 spiro atoms. The number of piperazine rings is 1. The van der Waals surface area contributed by atoms with Gasteiger partial charge in [-0.05, 0) is 18.9 Å². The summed E-state index contributed by atoms with van der Waals surface area (Å²) in [4.78, 5) is 39.7. The zero-order valence-corrected chi connectivity index (χ0v) is 16.1. The van der Waals surface area contributed by atoms with Crippen molar-refractivity contribution in [3.05, 3.63) is 41.1 Å². The van der Waals surface area contributed by atoms with Crippen molar-refractivity contribution < 1.29 is 4.79 Å². The fraction of sp³-hybridized carbons (Fsp3) is 0.526. The van der Waals surface area contributed by atoms with Gasteiger partial charge in [-0.2, -0.15) is 5.10 Å². The van der Waals surface area contributed by atoms with E-state index in [1.807, 2.05) is 4.90 Å². The van der Waals surface area contributed by atoms with Crippen LogP contribution >= 0.6 is 0 Å². The Labute approximate surface area is 163 Å². The highest BCUT2D eigenvalue weighted by atomic mass is 16.2. The summed E-state index contributed by atoms with van der Waals surface area (Å²) in [5.41, 5.74) is 0.664. The van der Waals surface area contributed by atoms with E-state index in [9.17, 15) is 9.59 Å². The van der Waals surface area contributed by atoms with E-state index < -0.39 is 0 Å². The molecule has 1 amide bonds. The Morgan fingerprint density at radius 1 is 1.07 bits per heavy atom. The number of nitrogens with zero attached hydrogens (tertiary/aromatic N) is 7. The van der Waals surface area contributed by atoms with E-state index in [0.29, 0.717) is 19.6 Å². The highest BCUT2D eigenvalue weighted by Crippen LogP contribution is 2.24.